The van der Waals surface area contributed by atoms with Crippen LogP contribution in [-0.2, 0) is 4.79 Å². The van der Waals surface area contributed by atoms with Crippen LogP contribution in [0, 0.1) is 17.2 Å². The summed E-state index contributed by atoms with van der Waals surface area (Å²) in [6.07, 6.45) is 5.55. The fraction of sp³-hybridized carbons (Fsp3) is 0.381. The van der Waals surface area contributed by atoms with Crippen LogP contribution >= 0.6 is 0 Å². The van der Waals surface area contributed by atoms with E-state index in [4.69, 9.17) is 0 Å². The molecule has 5 rings (SSSR count). The van der Waals surface area contributed by atoms with Crippen molar-refractivity contribution in [3.05, 3.63) is 65.7 Å². The number of carbonyl (C=O) groups excluding carboxylic acids is 1. The molecule has 5 nitrogen and oxygen atoms in total. The van der Waals surface area contributed by atoms with Gasteiger partial charge in [-0.3, -0.25) is 14.6 Å². The summed E-state index contributed by atoms with van der Waals surface area (Å²) in [6, 6.07) is 9.48. The molecule has 2 atom stereocenters. The fourth-order valence-corrected chi connectivity index (χ4v) is 4.90. The molecule has 1 aromatic carbocycles. The number of halogens is 1. The van der Waals surface area contributed by atoms with E-state index < -0.39 is 12.0 Å². The number of pyridine rings is 1. The lowest BCUT2D eigenvalue weighted by atomic mass is 9.64. The molecule has 140 valence electrons. The van der Waals surface area contributed by atoms with Crippen molar-refractivity contribution in [1.82, 2.24) is 10.3 Å². The molecule has 3 saturated carbocycles. The summed E-state index contributed by atoms with van der Waals surface area (Å²) in [6.45, 7) is 0. The molecule has 2 aromatic rings. The van der Waals surface area contributed by atoms with E-state index in [1.165, 1.54) is 18.3 Å². The first-order chi connectivity index (χ1) is 13.0. The van der Waals surface area contributed by atoms with Gasteiger partial charge in [0.1, 0.15) is 5.82 Å². The molecule has 0 radical (unpaired) electrons. The third-order valence-corrected chi connectivity index (χ3v) is 6.18. The summed E-state index contributed by atoms with van der Waals surface area (Å²) in [5, 5.41) is 12.3. The number of fused-ring (bicyclic) bond motifs is 1. The Hall–Kier alpha value is -2.76. The van der Waals surface area contributed by atoms with Crippen LogP contribution in [0.15, 0.2) is 48.8 Å². The molecule has 3 aliphatic rings. The zero-order chi connectivity index (χ0) is 19.0. The van der Waals surface area contributed by atoms with Crippen molar-refractivity contribution < 1.29 is 19.1 Å². The summed E-state index contributed by atoms with van der Waals surface area (Å²) in [5.41, 5.74) is 1.31. The van der Waals surface area contributed by atoms with Gasteiger partial charge in [0.15, 0.2) is 0 Å². The normalized spacial score (nSPS) is 26.9. The van der Waals surface area contributed by atoms with Crippen molar-refractivity contribution in [1.29, 1.82) is 0 Å². The van der Waals surface area contributed by atoms with E-state index in [1.807, 2.05) is 12.1 Å². The Bertz CT molecular complexity index is 847. The number of aliphatic carboxylic acids is 1. The van der Waals surface area contributed by atoms with Gasteiger partial charge in [-0.05, 0) is 66.3 Å². The van der Waals surface area contributed by atoms with Gasteiger partial charge in [-0.15, -0.1) is 0 Å². The Kier molecular flexibility index (Phi) is 4.42. The minimum atomic E-state index is -0.922. The fourth-order valence-electron chi connectivity index (χ4n) is 4.90. The van der Waals surface area contributed by atoms with Crippen LogP contribution in [0.1, 0.15) is 47.5 Å². The molecule has 1 heterocycles. The summed E-state index contributed by atoms with van der Waals surface area (Å²) >= 11 is 0. The van der Waals surface area contributed by atoms with Crippen LogP contribution in [-0.4, -0.2) is 28.0 Å². The predicted octanol–water partition coefficient (Wildman–Crippen LogP) is 3.38. The van der Waals surface area contributed by atoms with Crippen molar-refractivity contribution in [2.24, 2.45) is 11.3 Å². The lowest BCUT2D eigenvalue weighted by molar-refractivity contribution is -0.138. The van der Waals surface area contributed by atoms with E-state index in [9.17, 15) is 19.1 Å². The van der Waals surface area contributed by atoms with Gasteiger partial charge in [-0.1, -0.05) is 12.1 Å². The zero-order valence-corrected chi connectivity index (χ0v) is 14.8. The molecule has 0 saturated heterocycles. The zero-order valence-electron chi connectivity index (χ0n) is 14.8. The summed E-state index contributed by atoms with van der Waals surface area (Å²) in [4.78, 5) is 27.9. The average Bonchev–Trinajstić information content (AvgIpc) is 3.19. The second kappa shape index (κ2) is 6.76. The number of nitrogens with zero attached hydrogens (tertiary/aromatic N) is 1. The Morgan fingerprint density at radius 1 is 1.22 bits per heavy atom. The number of carboxylic acid groups (broad SMARTS) is 1. The van der Waals surface area contributed by atoms with Crippen molar-refractivity contribution in [3.63, 3.8) is 0 Å². The number of carboxylic acids is 1. The highest BCUT2D eigenvalue weighted by molar-refractivity contribution is 5.94. The minimum Gasteiger partial charge on any atom is -0.481 e. The van der Waals surface area contributed by atoms with E-state index in [-0.39, 0.29) is 29.5 Å². The molecular weight excluding hydrogens is 347 g/mol. The van der Waals surface area contributed by atoms with Crippen LogP contribution in [0.5, 0.6) is 0 Å². The SMILES string of the molecule is O=C(O)CC(NC(=O)c1cccnc1)C12CC(C1)[C@@H](c1ccc(F)cc1)C2. The van der Waals surface area contributed by atoms with Crippen molar-refractivity contribution in [2.75, 3.05) is 0 Å². The Labute approximate surface area is 156 Å². The first kappa shape index (κ1) is 17.6. The standard InChI is InChI=1S/C21H21FN2O3/c22-16-5-3-13(4-6-16)17-11-21(9-15(17)10-21)18(8-19(25)26)24-20(27)14-2-1-7-23-12-14/h1-7,12,15,17-18H,8-11H2,(H,24,27)(H,25,26)/t15?,17-,18?,21?/m1/s1. The van der Waals surface area contributed by atoms with Gasteiger partial charge < -0.3 is 10.4 Å². The number of hydrogen-bond donors (Lipinski definition) is 2. The number of carbonyl (C=O) groups is 2. The number of aromatic nitrogens is 1. The molecular formula is C21H21FN2O3. The Morgan fingerprint density at radius 2 is 1.96 bits per heavy atom. The van der Waals surface area contributed by atoms with Gasteiger partial charge in [-0.25, -0.2) is 4.39 Å². The topological polar surface area (TPSA) is 79.3 Å². The maximum Gasteiger partial charge on any atom is 0.305 e. The van der Waals surface area contributed by atoms with Gasteiger partial charge in [-0.2, -0.15) is 0 Å². The van der Waals surface area contributed by atoms with Gasteiger partial charge in [0.25, 0.3) is 5.91 Å². The third-order valence-electron chi connectivity index (χ3n) is 6.18. The largest absolute Gasteiger partial charge is 0.481 e. The number of nitrogens with one attached hydrogen (secondary N) is 1. The van der Waals surface area contributed by atoms with Crippen LogP contribution in [0.4, 0.5) is 4.39 Å². The molecule has 3 fully saturated rings. The number of benzene rings is 1. The molecule has 6 heteroatoms. The number of hydrogen-bond acceptors (Lipinski definition) is 3. The number of amides is 1. The van der Waals surface area contributed by atoms with Crippen molar-refractivity contribution in [3.8, 4) is 0 Å². The second-order valence-corrected chi connectivity index (χ2v) is 7.76. The van der Waals surface area contributed by atoms with Crippen LogP contribution in [0.3, 0.4) is 0 Å². The molecule has 3 aliphatic carbocycles. The van der Waals surface area contributed by atoms with E-state index in [0.717, 1.165) is 24.8 Å². The maximum atomic E-state index is 13.2. The van der Waals surface area contributed by atoms with Gasteiger partial charge in [0.05, 0.1) is 12.0 Å². The van der Waals surface area contributed by atoms with E-state index in [0.29, 0.717) is 11.5 Å². The van der Waals surface area contributed by atoms with Gasteiger partial charge >= 0.3 is 5.97 Å². The smallest absolute Gasteiger partial charge is 0.305 e. The molecule has 0 aliphatic heterocycles. The molecule has 1 aromatic heterocycles. The van der Waals surface area contributed by atoms with E-state index >= 15 is 0 Å². The van der Waals surface area contributed by atoms with Gasteiger partial charge in [0, 0.05) is 18.4 Å². The molecule has 2 N–H and O–H groups in total. The lowest BCUT2D eigenvalue weighted by Gasteiger charge is -2.44. The predicted molar refractivity (Wildman–Crippen MR) is 96.7 cm³/mol. The van der Waals surface area contributed by atoms with Gasteiger partial charge in [0.2, 0.25) is 0 Å². The highest BCUT2D eigenvalue weighted by Crippen LogP contribution is 2.66. The molecule has 1 unspecified atom stereocenters. The maximum absolute atomic E-state index is 13.2. The first-order valence-corrected chi connectivity index (χ1v) is 9.15. The lowest BCUT2D eigenvalue weighted by Crippen LogP contribution is -2.51. The Morgan fingerprint density at radius 3 is 2.59 bits per heavy atom. The highest BCUT2D eigenvalue weighted by atomic mass is 19.1. The first-order valence-electron chi connectivity index (χ1n) is 9.15. The monoisotopic (exact) mass is 368 g/mol. The van der Waals surface area contributed by atoms with Crippen molar-refractivity contribution >= 4 is 11.9 Å². The third kappa shape index (κ3) is 3.31. The molecule has 27 heavy (non-hydrogen) atoms. The second-order valence-electron chi connectivity index (χ2n) is 7.76. The molecule has 0 spiro atoms. The summed E-state index contributed by atoms with van der Waals surface area (Å²) < 4.78 is 13.2. The summed E-state index contributed by atoms with van der Waals surface area (Å²) in [7, 11) is 0. The van der Waals surface area contributed by atoms with Crippen LogP contribution < -0.4 is 5.32 Å². The minimum absolute atomic E-state index is 0.102. The average molecular weight is 368 g/mol. The van der Waals surface area contributed by atoms with Crippen LogP contribution in [0.25, 0.3) is 0 Å². The van der Waals surface area contributed by atoms with Crippen molar-refractivity contribution in [2.45, 2.75) is 37.6 Å². The summed E-state index contributed by atoms with van der Waals surface area (Å²) in [5.74, 6) is -0.725. The molecule has 2 bridgehead atoms. The van der Waals surface area contributed by atoms with E-state index in [2.05, 4.69) is 10.3 Å². The van der Waals surface area contributed by atoms with Crippen LogP contribution in [0.2, 0.25) is 0 Å². The molecule has 1 amide bonds. The highest BCUT2D eigenvalue weighted by Gasteiger charge is 2.60. The quantitative estimate of drug-likeness (QED) is 0.819. The Balaban J connectivity index is 1.52. The number of rotatable bonds is 6. The van der Waals surface area contributed by atoms with E-state index in [1.54, 1.807) is 18.3 Å².